The van der Waals surface area contributed by atoms with Crippen molar-refractivity contribution in [2.45, 2.75) is 6.04 Å². The summed E-state index contributed by atoms with van der Waals surface area (Å²) in [5.74, 6) is 0.452. The van der Waals surface area contributed by atoms with E-state index in [0.717, 1.165) is 12.1 Å². The largest absolute Gasteiger partial charge is 0.504 e. The maximum atomic E-state index is 9.68. The van der Waals surface area contributed by atoms with Crippen LogP contribution in [0.15, 0.2) is 18.2 Å². The van der Waals surface area contributed by atoms with Crippen LogP contribution in [0, 0.1) is 11.3 Å². The minimum atomic E-state index is -0.429. The summed E-state index contributed by atoms with van der Waals surface area (Å²) >= 11 is 0. The van der Waals surface area contributed by atoms with E-state index in [2.05, 4.69) is 11.4 Å². The molecule has 2 N–H and O–H groups in total. The highest BCUT2D eigenvalue weighted by atomic mass is 16.5. The second kappa shape index (κ2) is 6.84. The summed E-state index contributed by atoms with van der Waals surface area (Å²) in [7, 11) is 5.44. The van der Waals surface area contributed by atoms with Gasteiger partial charge in [-0.05, 0) is 31.8 Å². The number of rotatable bonds is 6. The van der Waals surface area contributed by atoms with Crippen molar-refractivity contribution >= 4 is 0 Å². The van der Waals surface area contributed by atoms with E-state index in [9.17, 15) is 5.11 Å². The van der Waals surface area contributed by atoms with Crippen molar-refractivity contribution in [3.05, 3.63) is 23.8 Å². The van der Waals surface area contributed by atoms with Crippen LogP contribution in [0.1, 0.15) is 11.6 Å². The lowest BCUT2D eigenvalue weighted by atomic mass is 10.1. The van der Waals surface area contributed by atoms with Crippen LogP contribution in [0.4, 0.5) is 0 Å². The van der Waals surface area contributed by atoms with Gasteiger partial charge < -0.3 is 14.7 Å². The SMILES string of the molecule is COc1ccc(C(C#N)NCCN(C)C)cc1O. The Bertz CT molecular complexity index is 427. The van der Waals surface area contributed by atoms with Crippen LogP contribution in [0.5, 0.6) is 11.5 Å². The van der Waals surface area contributed by atoms with Gasteiger partial charge in [0.2, 0.25) is 0 Å². The number of ether oxygens (including phenoxy) is 1. The monoisotopic (exact) mass is 249 g/mol. The van der Waals surface area contributed by atoms with E-state index in [1.165, 1.54) is 7.11 Å². The zero-order valence-corrected chi connectivity index (χ0v) is 11.0. The molecule has 0 fully saturated rings. The van der Waals surface area contributed by atoms with Crippen molar-refractivity contribution in [2.24, 2.45) is 0 Å². The molecule has 1 rings (SSSR count). The third kappa shape index (κ3) is 3.91. The zero-order valence-electron chi connectivity index (χ0n) is 11.0. The predicted molar refractivity (Wildman–Crippen MR) is 69.6 cm³/mol. The van der Waals surface area contributed by atoms with Gasteiger partial charge in [-0.1, -0.05) is 6.07 Å². The topological polar surface area (TPSA) is 68.5 Å². The van der Waals surface area contributed by atoms with Gasteiger partial charge in [-0.15, -0.1) is 0 Å². The number of nitrogens with one attached hydrogen (secondary N) is 1. The highest BCUT2D eigenvalue weighted by Crippen LogP contribution is 2.28. The number of hydrogen-bond acceptors (Lipinski definition) is 5. The zero-order chi connectivity index (χ0) is 13.5. The van der Waals surface area contributed by atoms with Gasteiger partial charge in [-0.3, -0.25) is 5.32 Å². The normalized spacial score (nSPS) is 12.2. The lowest BCUT2D eigenvalue weighted by molar-refractivity contribution is 0.372. The Morgan fingerprint density at radius 1 is 1.50 bits per heavy atom. The maximum absolute atomic E-state index is 9.68. The number of nitriles is 1. The number of hydrogen-bond donors (Lipinski definition) is 2. The number of phenols is 1. The lowest BCUT2D eigenvalue weighted by Crippen LogP contribution is -2.29. The fraction of sp³-hybridized carbons (Fsp3) is 0.462. The summed E-state index contributed by atoms with van der Waals surface area (Å²) in [5, 5.41) is 21.9. The molecule has 0 spiro atoms. The van der Waals surface area contributed by atoms with Gasteiger partial charge in [0.05, 0.1) is 13.2 Å². The molecule has 0 aromatic heterocycles. The standard InChI is InChI=1S/C13H19N3O2/c1-16(2)7-6-15-11(9-14)10-4-5-13(18-3)12(17)8-10/h4-5,8,11,15,17H,6-7H2,1-3H3. The van der Waals surface area contributed by atoms with Gasteiger partial charge in [0.15, 0.2) is 11.5 Å². The quantitative estimate of drug-likeness (QED) is 0.790. The van der Waals surface area contributed by atoms with Gasteiger partial charge in [-0.25, -0.2) is 0 Å². The van der Waals surface area contributed by atoms with E-state index in [-0.39, 0.29) is 5.75 Å². The minimum absolute atomic E-state index is 0.0460. The highest BCUT2D eigenvalue weighted by molar-refractivity contribution is 5.43. The van der Waals surface area contributed by atoms with Crippen LogP contribution in [0.25, 0.3) is 0 Å². The van der Waals surface area contributed by atoms with Crippen molar-refractivity contribution in [3.63, 3.8) is 0 Å². The first-order valence-corrected chi connectivity index (χ1v) is 5.73. The summed E-state index contributed by atoms with van der Waals surface area (Å²) in [6, 6.07) is 6.73. The van der Waals surface area contributed by atoms with Crippen molar-refractivity contribution in [2.75, 3.05) is 34.3 Å². The molecule has 1 unspecified atom stereocenters. The third-order valence-electron chi connectivity index (χ3n) is 2.57. The molecule has 0 aliphatic carbocycles. The lowest BCUT2D eigenvalue weighted by Gasteiger charge is -2.15. The molecule has 0 saturated heterocycles. The number of aromatic hydroxyl groups is 1. The first kappa shape index (κ1) is 14.3. The van der Waals surface area contributed by atoms with E-state index in [1.54, 1.807) is 18.2 Å². The van der Waals surface area contributed by atoms with Crippen molar-refractivity contribution < 1.29 is 9.84 Å². The Hall–Kier alpha value is -1.77. The van der Waals surface area contributed by atoms with Crippen molar-refractivity contribution in [3.8, 4) is 17.6 Å². The molecule has 1 atom stereocenters. The summed E-state index contributed by atoms with van der Waals surface area (Å²) in [6.07, 6.45) is 0. The molecule has 0 aliphatic heterocycles. The van der Waals surface area contributed by atoms with Gasteiger partial charge >= 0.3 is 0 Å². The van der Waals surface area contributed by atoms with Crippen LogP contribution < -0.4 is 10.1 Å². The van der Waals surface area contributed by atoms with Crippen LogP contribution in [0.2, 0.25) is 0 Å². The van der Waals surface area contributed by atoms with Gasteiger partial charge in [0, 0.05) is 13.1 Å². The first-order valence-electron chi connectivity index (χ1n) is 5.73. The molecule has 1 aromatic rings. The molecule has 0 aliphatic rings. The summed E-state index contributed by atoms with van der Waals surface area (Å²) in [4.78, 5) is 2.03. The molecule has 0 radical (unpaired) electrons. The molecular formula is C13H19N3O2. The van der Waals surface area contributed by atoms with Gasteiger partial charge in [0.1, 0.15) is 6.04 Å². The fourth-order valence-electron chi connectivity index (χ4n) is 1.56. The summed E-state index contributed by atoms with van der Waals surface area (Å²) in [6.45, 7) is 1.55. The Kier molecular flexibility index (Phi) is 5.43. The minimum Gasteiger partial charge on any atom is -0.504 e. The second-order valence-corrected chi connectivity index (χ2v) is 4.25. The molecule has 0 amide bonds. The number of likely N-dealkylation sites (N-methyl/N-ethyl adjacent to an activating group) is 1. The average molecular weight is 249 g/mol. The van der Waals surface area contributed by atoms with E-state index in [0.29, 0.717) is 12.3 Å². The number of phenolic OH excluding ortho intramolecular Hbond substituents is 1. The first-order chi connectivity index (χ1) is 8.58. The highest BCUT2D eigenvalue weighted by Gasteiger charge is 2.12. The average Bonchev–Trinajstić information content (AvgIpc) is 2.34. The van der Waals surface area contributed by atoms with E-state index in [1.807, 2.05) is 19.0 Å². The van der Waals surface area contributed by atoms with Gasteiger partial charge in [0.25, 0.3) is 0 Å². The Morgan fingerprint density at radius 2 is 2.22 bits per heavy atom. The molecule has 0 heterocycles. The molecule has 1 aromatic carbocycles. The van der Waals surface area contributed by atoms with Gasteiger partial charge in [-0.2, -0.15) is 5.26 Å². The van der Waals surface area contributed by atoms with Crippen LogP contribution in [-0.4, -0.2) is 44.3 Å². The molecule has 5 heteroatoms. The number of methoxy groups -OCH3 is 1. The van der Waals surface area contributed by atoms with Crippen LogP contribution in [-0.2, 0) is 0 Å². The van der Waals surface area contributed by atoms with Crippen molar-refractivity contribution in [1.29, 1.82) is 5.26 Å². The van der Waals surface area contributed by atoms with Crippen LogP contribution >= 0.6 is 0 Å². The Morgan fingerprint density at radius 3 is 2.72 bits per heavy atom. The van der Waals surface area contributed by atoms with E-state index in [4.69, 9.17) is 10.00 Å². The smallest absolute Gasteiger partial charge is 0.160 e. The molecular weight excluding hydrogens is 230 g/mol. The number of nitrogens with zero attached hydrogens (tertiary/aromatic N) is 2. The molecule has 98 valence electrons. The molecule has 18 heavy (non-hydrogen) atoms. The molecule has 5 nitrogen and oxygen atoms in total. The van der Waals surface area contributed by atoms with E-state index >= 15 is 0 Å². The Labute approximate surface area is 108 Å². The van der Waals surface area contributed by atoms with E-state index < -0.39 is 6.04 Å². The fourth-order valence-corrected chi connectivity index (χ4v) is 1.56. The number of benzene rings is 1. The Balaban J connectivity index is 2.71. The second-order valence-electron chi connectivity index (χ2n) is 4.25. The third-order valence-corrected chi connectivity index (χ3v) is 2.57. The molecule has 0 bridgehead atoms. The predicted octanol–water partition coefficient (Wildman–Crippen LogP) is 1.12. The summed E-state index contributed by atoms with van der Waals surface area (Å²) < 4.78 is 4.97. The van der Waals surface area contributed by atoms with Crippen molar-refractivity contribution in [1.82, 2.24) is 10.2 Å². The molecule has 0 saturated carbocycles. The summed E-state index contributed by atoms with van der Waals surface area (Å²) in [5.41, 5.74) is 0.731. The van der Waals surface area contributed by atoms with Crippen LogP contribution in [0.3, 0.4) is 0 Å². The maximum Gasteiger partial charge on any atom is 0.160 e.